The molecular weight excluding hydrogens is 222 g/mol. The number of nitrogens with zero attached hydrogens (tertiary/aromatic N) is 2. The number of hydrogen-bond acceptors (Lipinski definition) is 2. The molecule has 0 saturated carbocycles. The van der Waals surface area contributed by atoms with E-state index in [9.17, 15) is 0 Å². The molecule has 0 saturated heterocycles. The van der Waals surface area contributed by atoms with Crippen LogP contribution in [-0.4, -0.2) is 22.9 Å². The second kappa shape index (κ2) is 6.36. The molecule has 0 aliphatic carbocycles. The lowest BCUT2D eigenvalue weighted by molar-refractivity contribution is 0.615. The number of aromatic nitrogens is 2. The van der Waals surface area contributed by atoms with Gasteiger partial charge in [-0.25, -0.2) is 0 Å². The van der Waals surface area contributed by atoms with Crippen molar-refractivity contribution in [1.82, 2.24) is 15.1 Å². The highest BCUT2D eigenvalue weighted by Crippen LogP contribution is 2.12. The Labute approximate surface area is 109 Å². The molecule has 2 rings (SSSR count). The Morgan fingerprint density at radius 1 is 1.28 bits per heavy atom. The van der Waals surface area contributed by atoms with Crippen LogP contribution in [0.3, 0.4) is 0 Å². The van der Waals surface area contributed by atoms with Crippen molar-refractivity contribution in [2.45, 2.75) is 19.3 Å². The van der Waals surface area contributed by atoms with Gasteiger partial charge in [0.2, 0.25) is 0 Å². The molecule has 96 valence electrons. The molecule has 0 fully saturated rings. The lowest BCUT2D eigenvalue weighted by Crippen LogP contribution is -2.22. The topological polar surface area (TPSA) is 29.9 Å². The third-order valence-electron chi connectivity index (χ3n) is 3.17. The highest BCUT2D eigenvalue weighted by atomic mass is 15.2. The average Bonchev–Trinajstić information content (AvgIpc) is 2.81. The Balaban J connectivity index is 1.69. The summed E-state index contributed by atoms with van der Waals surface area (Å²) < 4.78 is 1.85. The van der Waals surface area contributed by atoms with Gasteiger partial charge >= 0.3 is 0 Å². The van der Waals surface area contributed by atoms with Gasteiger partial charge in [-0.15, -0.1) is 0 Å². The molecule has 18 heavy (non-hydrogen) atoms. The van der Waals surface area contributed by atoms with E-state index in [1.165, 1.54) is 11.1 Å². The summed E-state index contributed by atoms with van der Waals surface area (Å²) in [5.41, 5.74) is 2.68. The minimum Gasteiger partial charge on any atom is -0.316 e. The second-order valence-corrected chi connectivity index (χ2v) is 4.79. The van der Waals surface area contributed by atoms with Gasteiger partial charge in [-0.3, -0.25) is 4.68 Å². The van der Waals surface area contributed by atoms with Crippen LogP contribution in [-0.2, 0) is 13.5 Å². The van der Waals surface area contributed by atoms with E-state index in [0.717, 1.165) is 19.5 Å². The smallest absolute Gasteiger partial charge is 0.0522 e. The van der Waals surface area contributed by atoms with Crippen LogP contribution >= 0.6 is 0 Å². The second-order valence-electron chi connectivity index (χ2n) is 4.79. The predicted molar refractivity (Wildman–Crippen MR) is 74.6 cm³/mol. The lowest BCUT2D eigenvalue weighted by Gasteiger charge is -2.12. The van der Waals surface area contributed by atoms with Crippen LogP contribution in [0, 0.1) is 0 Å². The predicted octanol–water partition coefficient (Wildman–Crippen LogP) is 2.36. The van der Waals surface area contributed by atoms with Crippen molar-refractivity contribution in [2.24, 2.45) is 7.05 Å². The van der Waals surface area contributed by atoms with Gasteiger partial charge in [-0.1, -0.05) is 37.3 Å². The van der Waals surface area contributed by atoms with Gasteiger partial charge in [0, 0.05) is 19.8 Å². The SMILES string of the molecule is CC(CNCCc1cnn(C)c1)c1ccccc1. The summed E-state index contributed by atoms with van der Waals surface area (Å²) in [5, 5.41) is 7.67. The van der Waals surface area contributed by atoms with Crippen molar-refractivity contribution in [3.05, 3.63) is 53.9 Å². The quantitative estimate of drug-likeness (QED) is 0.789. The van der Waals surface area contributed by atoms with Crippen LogP contribution in [0.4, 0.5) is 0 Å². The average molecular weight is 243 g/mol. The molecule has 1 atom stereocenters. The molecule has 1 aromatic carbocycles. The highest BCUT2D eigenvalue weighted by Gasteiger charge is 2.03. The maximum atomic E-state index is 4.17. The first kappa shape index (κ1) is 12.8. The van der Waals surface area contributed by atoms with Crippen molar-refractivity contribution in [3.63, 3.8) is 0 Å². The fourth-order valence-electron chi connectivity index (χ4n) is 2.05. The molecule has 2 aromatic rings. The summed E-state index contributed by atoms with van der Waals surface area (Å²) in [5.74, 6) is 0.556. The first-order valence-corrected chi connectivity index (χ1v) is 6.49. The minimum absolute atomic E-state index is 0.556. The zero-order valence-corrected chi connectivity index (χ0v) is 11.1. The Bertz CT molecular complexity index is 462. The first-order valence-electron chi connectivity index (χ1n) is 6.49. The van der Waals surface area contributed by atoms with E-state index in [0.29, 0.717) is 5.92 Å². The Kier molecular flexibility index (Phi) is 4.53. The van der Waals surface area contributed by atoms with Crippen LogP contribution in [0.25, 0.3) is 0 Å². The van der Waals surface area contributed by atoms with Gasteiger partial charge in [-0.2, -0.15) is 5.10 Å². The molecule has 1 aromatic heterocycles. The van der Waals surface area contributed by atoms with Gasteiger partial charge in [0.05, 0.1) is 6.20 Å². The van der Waals surface area contributed by atoms with E-state index >= 15 is 0 Å². The molecular formula is C15H21N3. The number of hydrogen-bond donors (Lipinski definition) is 1. The van der Waals surface area contributed by atoms with Gasteiger partial charge in [0.15, 0.2) is 0 Å². The Hall–Kier alpha value is -1.61. The molecule has 1 N–H and O–H groups in total. The van der Waals surface area contributed by atoms with Gasteiger partial charge in [0.25, 0.3) is 0 Å². The lowest BCUT2D eigenvalue weighted by atomic mass is 10.0. The number of aryl methyl sites for hydroxylation is 1. The first-order chi connectivity index (χ1) is 8.75. The van der Waals surface area contributed by atoms with Gasteiger partial charge in [-0.05, 0) is 30.0 Å². The molecule has 0 spiro atoms. The summed E-state index contributed by atoms with van der Waals surface area (Å²) in [4.78, 5) is 0. The third kappa shape index (κ3) is 3.70. The minimum atomic E-state index is 0.556. The summed E-state index contributed by atoms with van der Waals surface area (Å²) in [6.07, 6.45) is 5.04. The molecule has 0 aliphatic rings. The van der Waals surface area contributed by atoms with E-state index < -0.39 is 0 Å². The zero-order chi connectivity index (χ0) is 12.8. The van der Waals surface area contributed by atoms with Crippen molar-refractivity contribution in [3.8, 4) is 0 Å². The molecule has 3 nitrogen and oxygen atoms in total. The molecule has 1 heterocycles. The van der Waals surface area contributed by atoms with E-state index in [1.54, 1.807) is 0 Å². The van der Waals surface area contributed by atoms with E-state index in [4.69, 9.17) is 0 Å². The summed E-state index contributed by atoms with van der Waals surface area (Å²) >= 11 is 0. The Morgan fingerprint density at radius 3 is 2.72 bits per heavy atom. The normalized spacial score (nSPS) is 12.6. The zero-order valence-electron chi connectivity index (χ0n) is 11.1. The van der Waals surface area contributed by atoms with E-state index in [1.807, 2.05) is 17.9 Å². The standard InChI is InChI=1S/C15H21N3/c1-13(15-6-4-3-5-7-15)10-16-9-8-14-11-17-18(2)12-14/h3-7,11-13,16H,8-10H2,1-2H3. The summed E-state index contributed by atoms with van der Waals surface area (Å²) in [6.45, 7) is 4.28. The largest absolute Gasteiger partial charge is 0.316 e. The number of nitrogens with one attached hydrogen (secondary N) is 1. The van der Waals surface area contributed by atoms with Crippen LogP contribution < -0.4 is 5.32 Å². The van der Waals surface area contributed by atoms with Crippen LogP contribution in [0.2, 0.25) is 0 Å². The van der Waals surface area contributed by atoms with Gasteiger partial charge in [0.1, 0.15) is 0 Å². The van der Waals surface area contributed by atoms with Crippen molar-refractivity contribution < 1.29 is 0 Å². The molecule has 0 amide bonds. The maximum Gasteiger partial charge on any atom is 0.0522 e. The molecule has 1 unspecified atom stereocenters. The third-order valence-corrected chi connectivity index (χ3v) is 3.17. The Morgan fingerprint density at radius 2 is 2.06 bits per heavy atom. The van der Waals surface area contributed by atoms with E-state index in [-0.39, 0.29) is 0 Å². The molecule has 0 bridgehead atoms. The maximum absolute atomic E-state index is 4.17. The van der Waals surface area contributed by atoms with Crippen LogP contribution in [0.5, 0.6) is 0 Å². The van der Waals surface area contributed by atoms with Crippen molar-refractivity contribution >= 4 is 0 Å². The molecule has 0 radical (unpaired) electrons. The van der Waals surface area contributed by atoms with Crippen LogP contribution in [0.1, 0.15) is 24.0 Å². The molecule has 3 heteroatoms. The molecule has 0 aliphatic heterocycles. The highest BCUT2D eigenvalue weighted by molar-refractivity contribution is 5.18. The number of rotatable bonds is 6. The van der Waals surface area contributed by atoms with E-state index in [2.05, 4.69) is 53.9 Å². The van der Waals surface area contributed by atoms with Gasteiger partial charge < -0.3 is 5.32 Å². The summed E-state index contributed by atoms with van der Waals surface area (Å²) in [6, 6.07) is 10.6. The number of benzene rings is 1. The fraction of sp³-hybridized carbons (Fsp3) is 0.400. The summed E-state index contributed by atoms with van der Waals surface area (Å²) in [7, 11) is 1.95. The monoisotopic (exact) mass is 243 g/mol. The van der Waals surface area contributed by atoms with Crippen LogP contribution in [0.15, 0.2) is 42.7 Å². The van der Waals surface area contributed by atoms with Crippen molar-refractivity contribution in [1.29, 1.82) is 0 Å². The fourth-order valence-corrected chi connectivity index (χ4v) is 2.05. The van der Waals surface area contributed by atoms with Crippen molar-refractivity contribution in [2.75, 3.05) is 13.1 Å².